The van der Waals surface area contributed by atoms with Crippen LogP contribution in [0.25, 0.3) is 10.2 Å². The van der Waals surface area contributed by atoms with Gasteiger partial charge in [-0.2, -0.15) is 0 Å². The lowest BCUT2D eigenvalue weighted by molar-refractivity contribution is 0.0933. The average Bonchev–Trinajstić information content (AvgIpc) is 3.06. The molecule has 128 valence electrons. The highest BCUT2D eigenvalue weighted by Gasteiger charge is 2.24. The molecular formula is C19H20N4OS. The first-order chi connectivity index (χ1) is 12.2. The topological polar surface area (TPSA) is 58.1 Å². The first-order valence-corrected chi connectivity index (χ1v) is 9.34. The van der Waals surface area contributed by atoms with Crippen molar-refractivity contribution in [1.82, 2.24) is 15.3 Å². The number of nitrogens with one attached hydrogen (secondary N) is 1. The fraction of sp³-hybridized carbons (Fsp3) is 0.316. The van der Waals surface area contributed by atoms with Gasteiger partial charge in [-0.15, -0.1) is 0 Å². The van der Waals surface area contributed by atoms with Crippen LogP contribution in [-0.2, 0) is 0 Å². The molecule has 1 aliphatic heterocycles. The van der Waals surface area contributed by atoms with Crippen LogP contribution in [0.4, 0.5) is 5.13 Å². The van der Waals surface area contributed by atoms with Gasteiger partial charge in [0.25, 0.3) is 5.91 Å². The van der Waals surface area contributed by atoms with Crippen molar-refractivity contribution < 1.29 is 4.79 Å². The minimum absolute atomic E-state index is 0.0557. The summed E-state index contributed by atoms with van der Waals surface area (Å²) in [6.45, 7) is 3.88. The summed E-state index contributed by atoms with van der Waals surface area (Å²) in [6, 6.07) is 10.1. The fourth-order valence-corrected chi connectivity index (χ4v) is 4.29. The number of aryl methyl sites for hydroxylation is 1. The molecule has 6 heteroatoms. The van der Waals surface area contributed by atoms with Crippen LogP contribution >= 0.6 is 11.3 Å². The van der Waals surface area contributed by atoms with Crippen molar-refractivity contribution in [3.63, 3.8) is 0 Å². The summed E-state index contributed by atoms with van der Waals surface area (Å²) in [7, 11) is 0. The summed E-state index contributed by atoms with van der Waals surface area (Å²) in [4.78, 5) is 23.4. The molecule has 1 fully saturated rings. The van der Waals surface area contributed by atoms with E-state index in [0.717, 1.165) is 36.6 Å². The van der Waals surface area contributed by atoms with Gasteiger partial charge in [0.15, 0.2) is 5.13 Å². The lowest BCUT2D eigenvalue weighted by atomic mass is 10.1. The van der Waals surface area contributed by atoms with E-state index in [1.54, 1.807) is 35.9 Å². The van der Waals surface area contributed by atoms with Crippen LogP contribution < -0.4 is 10.2 Å². The Morgan fingerprint density at radius 2 is 2.28 bits per heavy atom. The molecule has 1 amide bonds. The van der Waals surface area contributed by atoms with Gasteiger partial charge in [0.1, 0.15) is 0 Å². The molecule has 0 radical (unpaired) electrons. The van der Waals surface area contributed by atoms with Gasteiger partial charge >= 0.3 is 0 Å². The molecule has 5 nitrogen and oxygen atoms in total. The predicted molar refractivity (Wildman–Crippen MR) is 101 cm³/mol. The van der Waals surface area contributed by atoms with E-state index in [-0.39, 0.29) is 11.9 Å². The largest absolute Gasteiger partial charge is 0.347 e. The minimum Gasteiger partial charge on any atom is -0.347 e. The Bertz CT molecular complexity index is 893. The predicted octanol–water partition coefficient (Wildman–Crippen LogP) is 3.40. The highest BCUT2D eigenvalue weighted by atomic mass is 32.1. The highest BCUT2D eigenvalue weighted by molar-refractivity contribution is 7.22. The molecule has 1 unspecified atom stereocenters. The zero-order valence-corrected chi connectivity index (χ0v) is 14.9. The summed E-state index contributed by atoms with van der Waals surface area (Å²) < 4.78 is 1.22. The second-order valence-electron chi connectivity index (χ2n) is 6.47. The summed E-state index contributed by atoms with van der Waals surface area (Å²) in [5.74, 6) is -0.0557. The van der Waals surface area contributed by atoms with E-state index in [2.05, 4.69) is 40.3 Å². The molecule has 1 atom stereocenters. The number of fused-ring (bicyclic) bond motifs is 1. The van der Waals surface area contributed by atoms with E-state index in [4.69, 9.17) is 4.98 Å². The third kappa shape index (κ3) is 3.49. The molecule has 25 heavy (non-hydrogen) atoms. The van der Waals surface area contributed by atoms with E-state index in [9.17, 15) is 4.79 Å². The molecular weight excluding hydrogens is 332 g/mol. The van der Waals surface area contributed by atoms with Crippen molar-refractivity contribution in [2.45, 2.75) is 25.8 Å². The number of carbonyl (C=O) groups excluding carboxylic acids is 1. The molecule has 0 aliphatic carbocycles. The number of pyridine rings is 1. The molecule has 0 saturated carbocycles. The Labute approximate surface area is 150 Å². The zero-order chi connectivity index (χ0) is 17.2. The molecule has 1 saturated heterocycles. The van der Waals surface area contributed by atoms with Gasteiger partial charge in [-0.05, 0) is 49.6 Å². The van der Waals surface area contributed by atoms with Crippen molar-refractivity contribution in [2.24, 2.45) is 0 Å². The third-order valence-electron chi connectivity index (χ3n) is 4.48. The number of rotatable bonds is 3. The monoisotopic (exact) mass is 352 g/mol. The Morgan fingerprint density at radius 3 is 3.12 bits per heavy atom. The number of anilines is 1. The molecule has 3 heterocycles. The number of aromatic nitrogens is 2. The second kappa shape index (κ2) is 6.80. The van der Waals surface area contributed by atoms with Crippen LogP contribution in [0.15, 0.2) is 42.7 Å². The number of hydrogen-bond donors (Lipinski definition) is 1. The Balaban J connectivity index is 1.47. The van der Waals surface area contributed by atoms with Gasteiger partial charge in [0.05, 0.1) is 15.8 Å². The molecule has 1 N–H and O–H groups in total. The van der Waals surface area contributed by atoms with E-state index >= 15 is 0 Å². The number of nitrogens with zero attached hydrogens (tertiary/aromatic N) is 3. The van der Waals surface area contributed by atoms with Gasteiger partial charge in [-0.25, -0.2) is 4.98 Å². The van der Waals surface area contributed by atoms with Crippen molar-refractivity contribution >= 4 is 32.6 Å². The lowest BCUT2D eigenvalue weighted by Gasteiger charge is -2.32. The van der Waals surface area contributed by atoms with E-state index in [1.165, 1.54) is 10.3 Å². The average molecular weight is 352 g/mol. The maximum atomic E-state index is 12.4. The summed E-state index contributed by atoms with van der Waals surface area (Å²) in [6.07, 6.45) is 5.32. The van der Waals surface area contributed by atoms with Crippen molar-refractivity contribution in [1.29, 1.82) is 0 Å². The quantitative estimate of drug-likeness (QED) is 0.785. The standard InChI is InChI=1S/C19H20N4OS/c1-13-6-7-16-17(10-13)25-19(22-16)23-9-3-5-15(12-23)21-18(24)14-4-2-8-20-11-14/h2,4,6-8,10-11,15H,3,5,9,12H2,1H3,(H,21,24). The summed E-state index contributed by atoms with van der Waals surface area (Å²) in [5.41, 5.74) is 2.91. The first kappa shape index (κ1) is 16.0. The van der Waals surface area contributed by atoms with Crippen LogP contribution in [0.3, 0.4) is 0 Å². The molecule has 1 aromatic carbocycles. The van der Waals surface area contributed by atoms with Crippen LogP contribution in [0.1, 0.15) is 28.8 Å². The van der Waals surface area contributed by atoms with Gasteiger partial charge in [-0.3, -0.25) is 9.78 Å². The number of benzene rings is 1. The number of carbonyl (C=O) groups is 1. The van der Waals surface area contributed by atoms with Gasteiger partial charge in [0, 0.05) is 31.5 Å². The van der Waals surface area contributed by atoms with Gasteiger partial charge in [-0.1, -0.05) is 17.4 Å². The second-order valence-corrected chi connectivity index (χ2v) is 7.48. The van der Waals surface area contributed by atoms with Crippen LogP contribution in [0.5, 0.6) is 0 Å². The first-order valence-electron chi connectivity index (χ1n) is 8.52. The minimum atomic E-state index is -0.0557. The number of hydrogen-bond acceptors (Lipinski definition) is 5. The number of piperidine rings is 1. The Hall–Kier alpha value is -2.47. The molecule has 2 aromatic heterocycles. The van der Waals surface area contributed by atoms with Crippen LogP contribution in [0, 0.1) is 6.92 Å². The van der Waals surface area contributed by atoms with E-state index < -0.39 is 0 Å². The summed E-state index contributed by atoms with van der Waals surface area (Å²) in [5, 5.41) is 4.18. The Kier molecular flexibility index (Phi) is 4.36. The SMILES string of the molecule is Cc1ccc2nc(N3CCCC(NC(=O)c4cccnc4)C3)sc2c1. The summed E-state index contributed by atoms with van der Waals surface area (Å²) >= 11 is 1.73. The number of amides is 1. The zero-order valence-electron chi connectivity index (χ0n) is 14.1. The van der Waals surface area contributed by atoms with E-state index in [0.29, 0.717) is 5.56 Å². The molecule has 1 aliphatic rings. The highest BCUT2D eigenvalue weighted by Crippen LogP contribution is 2.31. The number of thiazole rings is 1. The Morgan fingerprint density at radius 1 is 1.36 bits per heavy atom. The maximum absolute atomic E-state index is 12.4. The molecule has 0 bridgehead atoms. The molecule has 4 rings (SSSR count). The van der Waals surface area contributed by atoms with Crippen molar-refractivity contribution in [3.05, 3.63) is 53.9 Å². The van der Waals surface area contributed by atoms with Crippen LogP contribution in [0.2, 0.25) is 0 Å². The van der Waals surface area contributed by atoms with Gasteiger partial charge in [0.2, 0.25) is 0 Å². The van der Waals surface area contributed by atoms with Crippen molar-refractivity contribution in [3.8, 4) is 0 Å². The fourth-order valence-electron chi connectivity index (χ4n) is 3.19. The lowest BCUT2D eigenvalue weighted by Crippen LogP contribution is -2.47. The van der Waals surface area contributed by atoms with Crippen LogP contribution in [-0.4, -0.2) is 35.0 Å². The maximum Gasteiger partial charge on any atom is 0.253 e. The third-order valence-corrected chi connectivity index (χ3v) is 5.56. The van der Waals surface area contributed by atoms with Crippen molar-refractivity contribution in [2.75, 3.05) is 18.0 Å². The molecule has 0 spiro atoms. The normalized spacial score (nSPS) is 17.6. The smallest absolute Gasteiger partial charge is 0.253 e. The molecule has 3 aromatic rings. The van der Waals surface area contributed by atoms with E-state index in [1.807, 2.05) is 0 Å². The van der Waals surface area contributed by atoms with Gasteiger partial charge < -0.3 is 10.2 Å².